The van der Waals surface area contributed by atoms with Crippen LogP contribution in [0.25, 0.3) is 4.96 Å². The van der Waals surface area contributed by atoms with Crippen molar-refractivity contribution in [2.45, 2.75) is 39.2 Å². The lowest BCUT2D eigenvalue weighted by Crippen LogP contribution is -2.28. The van der Waals surface area contributed by atoms with Gasteiger partial charge in [-0.1, -0.05) is 13.8 Å². The number of rotatable bonds is 5. The van der Waals surface area contributed by atoms with E-state index in [4.69, 9.17) is 4.42 Å². The molecule has 0 saturated heterocycles. The van der Waals surface area contributed by atoms with Gasteiger partial charge < -0.3 is 9.73 Å². The first-order valence-electron chi connectivity index (χ1n) is 7.06. The summed E-state index contributed by atoms with van der Waals surface area (Å²) in [6.07, 6.45) is 4.01. The quantitative estimate of drug-likeness (QED) is 0.780. The third kappa shape index (κ3) is 3.01. The van der Waals surface area contributed by atoms with Crippen LogP contribution in [-0.4, -0.2) is 25.5 Å². The largest absolute Gasteiger partial charge is 0.423 e. The second kappa shape index (κ2) is 5.88. The molecule has 0 bridgehead atoms. The summed E-state index contributed by atoms with van der Waals surface area (Å²) in [4.78, 5) is 17.4. The maximum absolute atomic E-state index is 12.1. The Kier molecular flexibility index (Phi) is 3.93. The number of fused-ring (bicyclic) bond motifs is 1. The van der Waals surface area contributed by atoms with Gasteiger partial charge in [0.1, 0.15) is 6.04 Å². The van der Waals surface area contributed by atoms with Gasteiger partial charge in [-0.3, -0.25) is 9.20 Å². The molecule has 3 aromatic heterocycles. The summed E-state index contributed by atoms with van der Waals surface area (Å²) in [5.74, 6) is 1.04. The molecule has 22 heavy (non-hydrogen) atoms. The molecule has 3 aromatic rings. The zero-order valence-corrected chi connectivity index (χ0v) is 13.4. The Bertz CT molecular complexity index is 759. The number of thiazole rings is 1. The molecule has 8 heteroatoms. The minimum Gasteiger partial charge on any atom is -0.423 e. The summed E-state index contributed by atoms with van der Waals surface area (Å²) >= 11 is 1.54. The van der Waals surface area contributed by atoms with Crippen molar-refractivity contribution in [3.63, 3.8) is 0 Å². The molecule has 1 amide bonds. The van der Waals surface area contributed by atoms with E-state index in [1.165, 1.54) is 11.3 Å². The summed E-state index contributed by atoms with van der Waals surface area (Å²) in [6.45, 7) is 5.77. The molecule has 0 saturated carbocycles. The molecule has 1 N–H and O–H groups in total. The summed E-state index contributed by atoms with van der Waals surface area (Å²) in [7, 11) is 0. The van der Waals surface area contributed by atoms with E-state index in [1.807, 2.05) is 42.9 Å². The number of aromatic nitrogens is 4. The van der Waals surface area contributed by atoms with E-state index >= 15 is 0 Å². The normalized spacial score (nSPS) is 12.9. The number of hydrogen-bond acceptors (Lipinski definition) is 6. The molecule has 0 aromatic carbocycles. The molecular weight excluding hydrogens is 302 g/mol. The molecule has 7 nitrogen and oxygen atoms in total. The molecule has 3 rings (SSSR count). The van der Waals surface area contributed by atoms with Gasteiger partial charge in [-0.15, -0.1) is 21.5 Å². The van der Waals surface area contributed by atoms with Crippen LogP contribution in [-0.2, 0) is 11.2 Å². The number of carbonyl (C=O) groups excluding carboxylic acids is 1. The molecule has 116 valence electrons. The van der Waals surface area contributed by atoms with Crippen LogP contribution in [0.4, 0.5) is 0 Å². The molecule has 1 unspecified atom stereocenters. The molecule has 1 atom stereocenters. The van der Waals surface area contributed by atoms with Gasteiger partial charge in [0.05, 0.1) is 12.1 Å². The van der Waals surface area contributed by atoms with Crippen LogP contribution in [0.15, 0.2) is 22.2 Å². The summed E-state index contributed by atoms with van der Waals surface area (Å²) in [6, 6.07) is -0.323. The zero-order chi connectivity index (χ0) is 15.7. The minimum absolute atomic E-state index is 0.123. The van der Waals surface area contributed by atoms with Gasteiger partial charge in [0, 0.05) is 23.7 Å². The Morgan fingerprint density at radius 2 is 2.14 bits per heavy atom. The molecule has 0 aliphatic heterocycles. The smallest absolute Gasteiger partial charge is 0.238 e. The standard InChI is InChI=1S/C14H17N5O2S/c1-8(2)12-17-18-13(21-12)9(3)15-11(20)6-10-7-19-4-5-22-14(19)16-10/h4-5,7-9H,6H2,1-3H3,(H,15,20). The summed E-state index contributed by atoms with van der Waals surface area (Å²) in [5.41, 5.74) is 0.741. The highest BCUT2D eigenvalue weighted by atomic mass is 32.1. The zero-order valence-electron chi connectivity index (χ0n) is 12.6. The first-order chi connectivity index (χ1) is 10.5. The molecular formula is C14H17N5O2S. The van der Waals surface area contributed by atoms with Crippen molar-refractivity contribution in [1.82, 2.24) is 24.9 Å². The fraction of sp³-hybridized carbons (Fsp3) is 0.429. The number of hydrogen-bond donors (Lipinski definition) is 1. The van der Waals surface area contributed by atoms with Gasteiger partial charge in [-0.25, -0.2) is 4.98 Å². The highest BCUT2D eigenvalue weighted by Crippen LogP contribution is 2.17. The van der Waals surface area contributed by atoms with Crippen molar-refractivity contribution in [2.24, 2.45) is 0 Å². The van der Waals surface area contributed by atoms with Gasteiger partial charge in [0.15, 0.2) is 4.96 Å². The Balaban J connectivity index is 1.61. The average Bonchev–Trinajstić information content (AvgIpc) is 3.12. The third-order valence-electron chi connectivity index (χ3n) is 3.18. The lowest BCUT2D eigenvalue weighted by atomic mass is 10.2. The van der Waals surface area contributed by atoms with Crippen molar-refractivity contribution >= 4 is 22.2 Å². The third-order valence-corrected chi connectivity index (χ3v) is 3.95. The van der Waals surface area contributed by atoms with Gasteiger partial charge in [-0.05, 0) is 6.92 Å². The maximum Gasteiger partial charge on any atom is 0.238 e. The SMILES string of the molecule is CC(C)c1nnc(C(C)NC(=O)Cc2cn3ccsc3n2)o1. The van der Waals surface area contributed by atoms with Crippen LogP contribution in [0.2, 0.25) is 0 Å². The number of nitrogens with one attached hydrogen (secondary N) is 1. The van der Waals surface area contributed by atoms with E-state index < -0.39 is 0 Å². The molecule has 0 spiro atoms. The molecule has 0 aliphatic rings. The maximum atomic E-state index is 12.1. The van der Waals surface area contributed by atoms with Crippen molar-refractivity contribution in [2.75, 3.05) is 0 Å². The second-order valence-corrected chi connectivity index (χ2v) is 6.30. The van der Waals surface area contributed by atoms with E-state index in [9.17, 15) is 4.79 Å². The Labute approximate surface area is 131 Å². The number of nitrogens with zero attached hydrogens (tertiary/aromatic N) is 4. The van der Waals surface area contributed by atoms with Crippen LogP contribution in [0.5, 0.6) is 0 Å². The second-order valence-electron chi connectivity index (χ2n) is 5.42. The van der Waals surface area contributed by atoms with Crippen molar-refractivity contribution in [1.29, 1.82) is 0 Å². The lowest BCUT2D eigenvalue weighted by Gasteiger charge is -2.09. The number of imidazole rings is 1. The van der Waals surface area contributed by atoms with Gasteiger partial charge in [0.25, 0.3) is 0 Å². The minimum atomic E-state index is -0.323. The fourth-order valence-corrected chi connectivity index (χ4v) is 2.75. The van der Waals surface area contributed by atoms with Crippen molar-refractivity contribution < 1.29 is 9.21 Å². The average molecular weight is 319 g/mol. The number of carbonyl (C=O) groups is 1. The van der Waals surface area contributed by atoms with Gasteiger partial charge >= 0.3 is 0 Å². The monoisotopic (exact) mass is 319 g/mol. The number of amides is 1. The van der Waals surface area contributed by atoms with E-state index in [1.54, 1.807) is 0 Å². The Morgan fingerprint density at radius 1 is 1.36 bits per heavy atom. The highest BCUT2D eigenvalue weighted by molar-refractivity contribution is 7.15. The molecule has 0 radical (unpaired) electrons. The van der Waals surface area contributed by atoms with E-state index in [2.05, 4.69) is 20.5 Å². The Morgan fingerprint density at radius 3 is 2.82 bits per heavy atom. The predicted octanol–water partition coefficient (Wildman–Crippen LogP) is 2.32. The van der Waals surface area contributed by atoms with E-state index in [0.29, 0.717) is 11.8 Å². The van der Waals surface area contributed by atoms with Crippen LogP contribution in [0.3, 0.4) is 0 Å². The van der Waals surface area contributed by atoms with Crippen molar-refractivity contribution in [3.8, 4) is 0 Å². The molecule has 0 aliphatic carbocycles. The van der Waals surface area contributed by atoms with Crippen LogP contribution in [0, 0.1) is 0 Å². The van der Waals surface area contributed by atoms with E-state index in [-0.39, 0.29) is 24.3 Å². The first kappa shape index (κ1) is 14.7. The summed E-state index contributed by atoms with van der Waals surface area (Å²) < 4.78 is 7.44. The van der Waals surface area contributed by atoms with E-state index in [0.717, 1.165) is 10.7 Å². The fourth-order valence-electron chi connectivity index (χ4n) is 2.03. The van der Waals surface area contributed by atoms with Crippen LogP contribution < -0.4 is 5.32 Å². The van der Waals surface area contributed by atoms with Crippen molar-refractivity contribution in [3.05, 3.63) is 35.2 Å². The topological polar surface area (TPSA) is 85.3 Å². The van der Waals surface area contributed by atoms with Gasteiger partial charge in [0.2, 0.25) is 17.7 Å². The molecule has 0 fully saturated rings. The Hall–Kier alpha value is -2.22. The molecule has 3 heterocycles. The van der Waals surface area contributed by atoms with Gasteiger partial charge in [-0.2, -0.15) is 0 Å². The predicted molar refractivity (Wildman–Crippen MR) is 81.7 cm³/mol. The van der Waals surface area contributed by atoms with Crippen LogP contribution in [0.1, 0.15) is 50.2 Å². The first-order valence-corrected chi connectivity index (χ1v) is 7.94. The highest BCUT2D eigenvalue weighted by Gasteiger charge is 2.18. The lowest BCUT2D eigenvalue weighted by molar-refractivity contribution is -0.121. The summed E-state index contributed by atoms with van der Waals surface area (Å²) in [5, 5.41) is 12.7. The van der Waals surface area contributed by atoms with Crippen LogP contribution >= 0.6 is 11.3 Å².